The number of aryl methyl sites for hydroxylation is 2. The summed E-state index contributed by atoms with van der Waals surface area (Å²) in [6.45, 7) is 2.41. The van der Waals surface area contributed by atoms with Crippen molar-refractivity contribution in [2.75, 3.05) is 11.5 Å². The number of fused-ring (bicyclic) bond motifs is 2. The van der Waals surface area contributed by atoms with Gasteiger partial charge in [-0.05, 0) is 43.3 Å². The van der Waals surface area contributed by atoms with Crippen molar-refractivity contribution in [2.24, 2.45) is 0 Å². The Morgan fingerprint density at radius 1 is 0.879 bits per heavy atom. The van der Waals surface area contributed by atoms with Crippen molar-refractivity contribution in [2.45, 2.75) is 28.2 Å². The van der Waals surface area contributed by atoms with Gasteiger partial charge in [0.1, 0.15) is 16.2 Å². The van der Waals surface area contributed by atoms with E-state index in [1.807, 2.05) is 61.5 Å². The van der Waals surface area contributed by atoms with E-state index in [9.17, 15) is 8.42 Å². The lowest BCUT2D eigenvalue weighted by Crippen LogP contribution is -2.09. The quantitative estimate of drug-likeness (QED) is 0.344. The Bertz CT molecular complexity index is 1560. The van der Waals surface area contributed by atoms with E-state index in [1.165, 1.54) is 0 Å². The highest BCUT2D eigenvalue weighted by Gasteiger charge is 2.30. The molecule has 5 aromatic rings. The van der Waals surface area contributed by atoms with Crippen LogP contribution in [0.5, 0.6) is 0 Å². The van der Waals surface area contributed by atoms with Gasteiger partial charge in [-0.3, -0.25) is 0 Å². The van der Waals surface area contributed by atoms with E-state index in [1.54, 1.807) is 40.6 Å². The molecular formula is C25H22N4O2S2. The number of nitrogens with zero attached hydrogens (tertiary/aromatic N) is 3. The molecule has 0 atom stereocenters. The smallest absolute Gasteiger partial charge is 0.212 e. The van der Waals surface area contributed by atoms with Crippen molar-refractivity contribution in [1.29, 1.82) is 0 Å². The summed E-state index contributed by atoms with van der Waals surface area (Å²) in [5.74, 6) is 0.866. The first-order chi connectivity index (χ1) is 15.9. The number of aromatic nitrogens is 3. The Morgan fingerprint density at radius 2 is 1.52 bits per heavy atom. The Morgan fingerprint density at radius 3 is 2.21 bits per heavy atom. The lowest BCUT2D eigenvalue weighted by atomic mass is 10.2. The Balaban J connectivity index is 1.66. The molecule has 2 aromatic heterocycles. The number of hydrogen-bond acceptors (Lipinski definition) is 6. The van der Waals surface area contributed by atoms with E-state index in [4.69, 9.17) is 10.7 Å². The third-order valence-corrected chi connectivity index (χ3v) is 8.30. The molecule has 0 aliphatic rings. The topological polar surface area (TPSA) is 90.9 Å². The molecule has 0 spiro atoms. The molecule has 8 heteroatoms. The van der Waals surface area contributed by atoms with Crippen molar-refractivity contribution >= 4 is 49.6 Å². The van der Waals surface area contributed by atoms with Gasteiger partial charge >= 0.3 is 0 Å². The number of benzene rings is 3. The van der Waals surface area contributed by atoms with Gasteiger partial charge in [-0.1, -0.05) is 48.0 Å². The van der Waals surface area contributed by atoms with Gasteiger partial charge < -0.3 is 10.3 Å². The first kappa shape index (κ1) is 21.5. The second-order valence-corrected chi connectivity index (χ2v) is 10.8. The first-order valence-corrected chi connectivity index (χ1v) is 13.0. The van der Waals surface area contributed by atoms with E-state index in [2.05, 4.69) is 4.98 Å². The van der Waals surface area contributed by atoms with Gasteiger partial charge in [0.05, 0.1) is 15.9 Å². The number of rotatable bonds is 6. The number of anilines is 1. The molecule has 0 radical (unpaired) electrons. The minimum absolute atomic E-state index is 0.0179. The molecule has 5 rings (SSSR count). The van der Waals surface area contributed by atoms with Gasteiger partial charge in [-0.25, -0.2) is 18.4 Å². The van der Waals surface area contributed by atoms with Gasteiger partial charge in [-0.15, -0.1) is 11.8 Å². The maximum Gasteiger partial charge on any atom is 0.212 e. The molecule has 6 nitrogen and oxygen atoms in total. The third-order valence-electron chi connectivity index (χ3n) is 5.47. The predicted octanol–water partition coefficient (Wildman–Crippen LogP) is 5.10. The van der Waals surface area contributed by atoms with Crippen LogP contribution < -0.4 is 5.73 Å². The molecule has 166 valence electrons. The van der Waals surface area contributed by atoms with Crippen LogP contribution in [-0.4, -0.2) is 28.7 Å². The van der Waals surface area contributed by atoms with Crippen molar-refractivity contribution in [3.8, 4) is 0 Å². The second-order valence-electron chi connectivity index (χ2n) is 7.73. The van der Waals surface area contributed by atoms with Gasteiger partial charge in [0, 0.05) is 17.2 Å². The molecule has 0 aliphatic heterocycles. The molecule has 0 saturated carbocycles. The Kier molecular flexibility index (Phi) is 5.55. The van der Waals surface area contributed by atoms with E-state index in [-0.39, 0.29) is 15.6 Å². The molecule has 0 bridgehead atoms. The zero-order chi connectivity index (χ0) is 23.0. The van der Waals surface area contributed by atoms with Gasteiger partial charge in [0.15, 0.2) is 5.65 Å². The summed E-state index contributed by atoms with van der Waals surface area (Å²) in [4.78, 5) is 10.8. The maximum absolute atomic E-state index is 13.7. The average Bonchev–Trinajstić information content (AvgIpc) is 3.09. The SMILES string of the molecule is Cc1ccc(S(=O)(=O)c2c(N)n(CCSc3ccccc3)c3nc4ccccc4nc23)cc1. The Hall–Kier alpha value is -3.36. The summed E-state index contributed by atoms with van der Waals surface area (Å²) < 4.78 is 29.1. The fourth-order valence-corrected chi connectivity index (χ4v) is 6.15. The zero-order valence-electron chi connectivity index (χ0n) is 18.0. The van der Waals surface area contributed by atoms with Gasteiger partial charge in [0.25, 0.3) is 0 Å². The van der Waals surface area contributed by atoms with Crippen LogP contribution in [0.3, 0.4) is 0 Å². The van der Waals surface area contributed by atoms with Gasteiger partial charge in [-0.2, -0.15) is 0 Å². The molecule has 0 fully saturated rings. The van der Waals surface area contributed by atoms with Crippen LogP contribution in [0.25, 0.3) is 22.2 Å². The third kappa shape index (κ3) is 3.96. The lowest BCUT2D eigenvalue weighted by molar-refractivity contribution is 0.596. The highest BCUT2D eigenvalue weighted by atomic mass is 32.2. The van der Waals surface area contributed by atoms with Crippen LogP contribution in [0.1, 0.15) is 5.56 Å². The molecule has 2 heterocycles. The van der Waals surface area contributed by atoms with Crippen molar-refractivity contribution < 1.29 is 8.42 Å². The van der Waals surface area contributed by atoms with Gasteiger partial charge in [0.2, 0.25) is 9.84 Å². The molecule has 33 heavy (non-hydrogen) atoms. The summed E-state index contributed by atoms with van der Waals surface area (Å²) >= 11 is 1.68. The fourth-order valence-electron chi connectivity index (χ4n) is 3.79. The summed E-state index contributed by atoms with van der Waals surface area (Å²) in [6.07, 6.45) is 0. The van der Waals surface area contributed by atoms with Crippen LogP contribution in [0, 0.1) is 6.92 Å². The zero-order valence-corrected chi connectivity index (χ0v) is 19.6. The molecule has 0 unspecified atom stereocenters. The summed E-state index contributed by atoms with van der Waals surface area (Å²) in [5.41, 5.74) is 9.58. The molecule has 0 amide bonds. The van der Waals surface area contributed by atoms with Crippen molar-refractivity contribution in [3.05, 3.63) is 84.4 Å². The first-order valence-electron chi connectivity index (χ1n) is 10.5. The molecule has 3 aromatic carbocycles. The minimum atomic E-state index is -3.89. The van der Waals surface area contributed by atoms with E-state index >= 15 is 0 Å². The van der Waals surface area contributed by atoms with Crippen LogP contribution in [-0.2, 0) is 16.4 Å². The second kappa shape index (κ2) is 8.53. The normalized spacial score (nSPS) is 11.9. The largest absolute Gasteiger partial charge is 0.384 e. The number of para-hydroxylation sites is 2. The molecule has 0 saturated heterocycles. The number of sulfone groups is 1. The van der Waals surface area contributed by atoms with Crippen LogP contribution in [0.15, 0.2) is 93.5 Å². The highest BCUT2D eigenvalue weighted by molar-refractivity contribution is 7.99. The number of thioether (sulfide) groups is 1. The number of hydrogen-bond donors (Lipinski definition) is 1. The van der Waals surface area contributed by atoms with E-state index in [0.29, 0.717) is 34.5 Å². The van der Waals surface area contributed by atoms with Crippen molar-refractivity contribution in [3.63, 3.8) is 0 Å². The average molecular weight is 475 g/mol. The summed E-state index contributed by atoms with van der Waals surface area (Å²) in [6, 6.07) is 24.2. The monoisotopic (exact) mass is 474 g/mol. The van der Waals surface area contributed by atoms with Crippen LogP contribution in [0.2, 0.25) is 0 Å². The number of nitrogen functional groups attached to an aromatic ring is 1. The fraction of sp³-hybridized carbons (Fsp3) is 0.120. The maximum atomic E-state index is 13.7. The molecule has 0 aliphatic carbocycles. The Labute approximate surface area is 196 Å². The molecule has 2 N–H and O–H groups in total. The summed E-state index contributed by atoms with van der Waals surface area (Å²) in [5, 5.41) is 0. The van der Waals surface area contributed by atoms with E-state index < -0.39 is 9.84 Å². The van der Waals surface area contributed by atoms with E-state index in [0.717, 1.165) is 10.5 Å². The minimum Gasteiger partial charge on any atom is -0.384 e. The highest BCUT2D eigenvalue weighted by Crippen LogP contribution is 2.35. The standard InChI is InChI=1S/C25H22N4O2S2/c1-17-11-13-19(14-12-17)33(30,31)23-22-25(28-21-10-6-5-9-20(21)27-22)29(24(23)26)15-16-32-18-7-3-2-4-8-18/h2-14H,15-16,26H2,1H3. The lowest BCUT2D eigenvalue weighted by Gasteiger charge is -2.08. The van der Waals surface area contributed by atoms with Crippen LogP contribution in [0.4, 0.5) is 5.82 Å². The van der Waals surface area contributed by atoms with Crippen LogP contribution >= 0.6 is 11.8 Å². The number of nitrogens with two attached hydrogens (primary N) is 1. The molecular weight excluding hydrogens is 452 g/mol. The van der Waals surface area contributed by atoms with Crippen molar-refractivity contribution in [1.82, 2.24) is 14.5 Å². The summed E-state index contributed by atoms with van der Waals surface area (Å²) in [7, 11) is -3.89. The predicted molar refractivity (Wildman–Crippen MR) is 133 cm³/mol.